The first-order valence-corrected chi connectivity index (χ1v) is 7.58. The van der Waals surface area contributed by atoms with Gasteiger partial charge in [-0.1, -0.05) is 0 Å². The van der Waals surface area contributed by atoms with Crippen molar-refractivity contribution in [2.75, 3.05) is 21.3 Å². The summed E-state index contributed by atoms with van der Waals surface area (Å²) in [6, 6.07) is 6.12. The molecule has 0 fully saturated rings. The smallest absolute Gasteiger partial charge is 0.200 e. The summed E-state index contributed by atoms with van der Waals surface area (Å²) in [6.07, 6.45) is 1.30. The van der Waals surface area contributed by atoms with Crippen molar-refractivity contribution >= 4 is 23.5 Å². The Bertz CT molecular complexity index is 976. The molecule has 3 rings (SSSR count). The second-order valence-electron chi connectivity index (χ2n) is 5.41. The van der Waals surface area contributed by atoms with Crippen LogP contribution in [0.4, 0.5) is 0 Å². The molecule has 1 heterocycles. The molecule has 0 bridgehead atoms. The molecule has 0 radical (unpaired) electrons. The van der Waals surface area contributed by atoms with Crippen LogP contribution in [0.1, 0.15) is 20.7 Å². The quantitative estimate of drug-likeness (QED) is 0.676. The van der Waals surface area contributed by atoms with Crippen LogP contribution in [0.2, 0.25) is 0 Å². The highest BCUT2D eigenvalue weighted by molar-refractivity contribution is 6.06. The standard InChI is InChI=1S/C19H16O7/c1-23-14-6-11(7-15(24-2)17(14)22)18-13(9-21)12-4-10(8-20)5-16(25-3)19(12)26-18/h4-9,22H,1-3H3. The van der Waals surface area contributed by atoms with Crippen molar-refractivity contribution < 1.29 is 33.3 Å². The zero-order valence-electron chi connectivity index (χ0n) is 14.4. The normalized spacial score (nSPS) is 10.6. The third-order valence-corrected chi connectivity index (χ3v) is 4.03. The Balaban J connectivity index is 2.35. The van der Waals surface area contributed by atoms with E-state index in [-0.39, 0.29) is 28.6 Å². The van der Waals surface area contributed by atoms with Crippen molar-refractivity contribution in [1.29, 1.82) is 0 Å². The number of aldehydes is 2. The second kappa shape index (κ2) is 6.79. The van der Waals surface area contributed by atoms with E-state index in [0.717, 1.165) is 0 Å². The highest BCUT2D eigenvalue weighted by Gasteiger charge is 2.22. The minimum atomic E-state index is -0.164. The predicted octanol–water partition coefficient (Wildman–Crippen LogP) is 3.46. The first-order chi connectivity index (χ1) is 12.6. The summed E-state index contributed by atoms with van der Waals surface area (Å²) in [5.74, 6) is 0.738. The molecule has 0 amide bonds. The zero-order valence-corrected chi connectivity index (χ0v) is 14.4. The molecule has 7 nitrogen and oxygen atoms in total. The number of benzene rings is 2. The van der Waals surface area contributed by atoms with E-state index in [1.807, 2.05) is 0 Å². The molecule has 7 heteroatoms. The lowest BCUT2D eigenvalue weighted by Gasteiger charge is -2.10. The molecule has 0 unspecified atom stereocenters. The third kappa shape index (κ3) is 2.63. The van der Waals surface area contributed by atoms with Crippen LogP contribution in [-0.2, 0) is 0 Å². The average Bonchev–Trinajstić information content (AvgIpc) is 3.05. The Morgan fingerprint density at radius 2 is 1.50 bits per heavy atom. The number of carbonyl (C=O) groups is 2. The SMILES string of the molecule is COc1cc(-c2oc3c(OC)cc(C=O)cc3c2C=O)cc(OC)c1O. The molecule has 26 heavy (non-hydrogen) atoms. The van der Waals surface area contributed by atoms with E-state index in [2.05, 4.69) is 0 Å². The Morgan fingerprint density at radius 3 is 2.00 bits per heavy atom. The third-order valence-electron chi connectivity index (χ3n) is 4.03. The van der Waals surface area contributed by atoms with E-state index in [9.17, 15) is 14.7 Å². The van der Waals surface area contributed by atoms with Crippen LogP contribution in [0.3, 0.4) is 0 Å². The van der Waals surface area contributed by atoms with Crippen LogP contribution in [-0.4, -0.2) is 39.0 Å². The number of methoxy groups -OCH3 is 3. The number of hydrogen-bond acceptors (Lipinski definition) is 7. The number of fused-ring (bicyclic) bond motifs is 1. The molecule has 134 valence electrons. The minimum absolute atomic E-state index is 0.164. The van der Waals surface area contributed by atoms with E-state index in [4.69, 9.17) is 18.6 Å². The largest absolute Gasteiger partial charge is 0.502 e. The summed E-state index contributed by atoms with van der Waals surface area (Å²) >= 11 is 0. The first kappa shape index (κ1) is 17.3. The molecule has 0 saturated heterocycles. The topological polar surface area (TPSA) is 95.2 Å². The summed E-state index contributed by atoms with van der Waals surface area (Å²) in [6.45, 7) is 0. The predicted molar refractivity (Wildman–Crippen MR) is 93.7 cm³/mol. The van der Waals surface area contributed by atoms with Crippen molar-refractivity contribution in [1.82, 2.24) is 0 Å². The van der Waals surface area contributed by atoms with Crippen molar-refractivity contribution in [3.05, 3.63) is 35.4 Å². The Morgan fingerprint density at radius 1 is 0.885 bits per heavy atom. The van der Waals surface area contributed by atoms with E-state index < -0.39 is 0 Å². The second-order valence-corrected chi connectivity index (χ2v) is 5.41. The fourth-order valence-corrected chi connectivity index (χ4v) is 2.78. The van der Waals surface area contributed by atoms with E-state index in [0.29, 0.717) is 40.4 Å². The van der Waals surface area contributed by atoms with Crippen molar-refractivity contribution in [3.8, 4) is 34.3 Å². The number of phenols is 1. The number of furan rings is 1. The summed E-state index contributed by atoms with van der Waals surface area (Å²) in [5.41, 5.74) is 1.40. The summed E-state index contributed by atoms with van der Waals surface area (Å²) in [7, 11) is 4.24. The maximum absolute atomic E-state index is 11.7. The van der Waals surface area contributed by atoms with Gasteiger partial charge in [-0.15, -0.1) is 0 Å². The molecule has 0 saturated carbocycles. The summed E-state index contributed by atoms with van der Waals surface area (Å²) in [4.78, 5) is 22.9. The van der Waals surface area contributed by atoms with Gasteiger partial charge in [0.25, 0.3) is 0 Å². The molecule has 3 aromatic rings. The molecule has 0 atom stereocenters. The number of rotatable bonds is 6. The van der Waals surface area contributed by atoms with Gasteiger partial charge >= 0.3 is 0 Å². The molecular formula is C19H16O7. The molecule has 2 aromatic carbocycles. The Kier molecular flexibility index (Phi) is 4.53. The van der Waals surface area contributed by atoms with Crippen LogP contribution >= 0.6 is 0 Å². The maximum Gasteiger partial charge on any atom is 0.200 e. The van der Waals surface area contributed by atoms with Gasteiger partial charge in [0.1, 0.15) is 12.0 Å². The number of phenolic OH excluding ortho intramolecular Hbond substituents is 1. The average molecular weight is 356 g/mol. The summed E-state index contributed by atoms with van der Waals surface area (Å²) in [5, 5.41) is 10.5. The van der Waals surface area contributed by atoms with Gasteiger partial charge in [0.15, 0.2) is 29.1 Å². The van der Waals surface area contributed by atoms with Gasteiger partial charge in [-0.05, 0) is 24.3 Å². The van der Waals surface area contributed by atoms with Crippen LogP contribution < -0.4 is 14.2 Å². The highest BCUT2D eigenvalue weighted by atomic mass is 16.5. The van der Waals surface area contributed by atoms with E-state index >= 15 is 0 Å². The minimum Gasteiger partial charge on any atom is -0.502 e. The van der Waals surface area contributed by atoms with Crippen molar-refractivity contribution in [2.24, 2.45) is 0 Å². The highest BCUT2D eigenvalue weighted by Crippen LogP contribution is 2.44. The van der Waals surface area contributed by atoms with Gasteiger partial charge < -0.3 is 23.7 Å². The first-order valence-electron chi connectivity index (χ1n) is 7.58. The van der Waals surface area contributed by atoms with Gasteiger partial charge in [0.2, 0.25) is 5.75 Å². The monoisotopic (exact) mass is 356 g/mol. The van der Waals surface area contributed by atoms with Crippen molar-refractivity contribution in [3.63, 3.8) is 0 Å². The van der Waals surface area contributed by atoms with Gasteiger partial charge in [0.05, 0.1) is 26.9 Å². The van der Waals surface area contributed by atoms with E-state index in [1.54, 1.807) is 6.07 Å². The number of hydrogen-bond donors (Lipinski definition) is 1. The molecule has 0 spiro atoms. The van der Waals surface area contributed by atoms with Gasteiger partial charge in [-0.25, -0.2) is 0 Å². The van der Waals surface area contributed by atoms with Crippen LogP contribution in [0.25, 0.3) is 22.3 Å². The fraction of sp³-hybridized carbons (Fsp3) is 0.158. The number of carbonyl (C=O) groups excluding carboxylic acids is 2. The van der Waals surface area contributed by atoms with Crippen molar-refractivity contribution in [2.45, 2.75) is 0 Å². The summed E-state index contributed by atoms with van der Waals surface area (Å²) < 4.78 is 21.4. The van der Waals surface area contributed by atoms with Crippen LogP contribution in [0.15, 0.2) is 28.7 Å². The van der Waals surface area contributed by atoms with Crippen LogP contribution in [0.5, 0.6) is 23.0 Å². The molecule has 0 aliphatic heterocycles. The molecule has 1 N–H and O–H groups in total. The lowest BCUT2D eigenvalue weighted by molar-refractivity contribution is 0.111. The number of aromatic hydroxyl groups is 1. The molecule has 0 aliphatic rings. The number of ether oxygens (including phenoxy) is 3. The molecular weight excluding hydrogens is 340 g/mol. The lowest BCUT2D eigenvalue weighted by atomic mass is 10.0. The Hall–Kier alpha value is -3.48. The fourth-order valence-electron chi connectivity index (χ4n) is 2.78. The van der Waals surface area contributed by atoms with Gasteiger partial charge in [-0.3, -0.25) is 9.59 Å². The van der Waals surface area contributed by atoms with Gasteiger partial charge in [0, 0.05) is 16.5 Å². The molecule has 1 aromatic heterocycles. The Labute approximate surface area is 148 Å². The maximum atomic E-state index is 11.7. The zero-order chi connectivity index (χ0) is 18.8. The van der Waals surface area contributed by atoms with Crippen LogP contribution in [0, 0.1) is 0 Å². The van der Waals surface area contributed by atoms with Gasteiger partial charge in [-0.2, -0.15) is 0 Å². The van der Waals surface area contributed by atoms with E-state index in [1.165, 1.54) is 39.5 Å². The molecule has 0 aliphatic carbocycles. The lowest BCUT2D eigenvalue weighted by Crippen LogP contribution is -1.91.